The average Bonchev–Trinajstić information content (AvgIpc) is 2.16. The van der Waals surface area contributed by atoms with Gasteiger partial charge in [0, 0.05) is 6.54 Å². The van der Waals surface area contributed by atoms with Gasteiger partial charge in [0.15, 0.2) is 0 Å². The van der Waals surface area contributed by atoms with E-state index in [0.29, 0.717) is 6.54 Å². The Hall–Kier alpha value is -1.08. The molecule has 1 aromatic rings. The Balaban J connectivity index is 2.54. The Labute approximate surface area is 73.9 Å². The van der Waals surface area contributed by atoms with Gasteiger partial charge in [0.25, 0.3) is 0 Å². The third-order valence-electron chi connectivity index (χ3n) is 1.85. The first-order valence-corrected chi connectivity index (χ1v) is 4.22. The topological polar surface area (TPSA) is 26.0 Å². The highest BCUT2D eigenvalue weighted by atomic mass is 14.5. The number of hydrogen-bond donors (Lipinski definition) is 1. The minimum atomic E-state index is 0.660. The average molecular weight is 161 g/mol. The van der Waals surface area contributed by atoms with Crippen molar-refractivity contribution in [2.45, 2.75) is 13.3 Å². The molecule has 2 N–H and O–H groups in total. The fourth-order valence-corrected chi connectivity index (χ4v) is 0.990. The van der Waals surface area contributed by atoms with Crippen molar-refractivity contribution in [2.75, 3.05) is 6.54 Å². The molecule has 0 saturated heterocycles. The molecule has 0 fully saturated rings. The van der Waals surface area contributed by atoms with Gasteiger partial charge in [0.05, 0.1) is 0 Å². The fraction of sp³-hybridized carbons (Fsp3) is 0.273. The summed E-state index contributed by atoms with van der Waals surface area (Å²) in [7, 11) is 0. The summed E-state index contributed by atoms with van der Waals surface area (Å²) in [4.78, 5) is 0. The van der Waals surface area contributed by atoms with Gasteiger partial charge in [0.1, 0.15) is 0 Å². The summed E-state index contributed by atoms with van der Waals surface area (Å²) in [6.07, 6.45) is 3.17. The highest BCUT2D eigenvalue weighted by Gasteiger charge is 1.87. The molecule has 0 radical (unpaired) electrons. The molecule has 1 aromatic carbocycles. The molecule has 0 spiro atoms. The second kappa shape index (κ2) is 4.73. The zero-order chi connectivity index (χ0) is 8.81. The van der Waals surface area contributed by atoms with E-state index in [1.165, 1.54) is 11.1 Å². The van der Waals surface area contributed by atoms with E-state index in [2.05, 4.69) is 37.3 Å². The quantitative estimate of drug-likeness (QED) is 0.675. The summed E-state index contributed by atoms with van der Waals surface area (Å²) in [6, 6.07) is 10.4. The van der Waals surface area contributed by atoms with Gasteiger partial charge in [-0.15, -0.1) is 0 Å². The second-order valence-corrected chi connectivity index (χ2v) is 2.94. The van der Waals surface area contributed by atoms with Gasteiger partial charge in [-0.2, -0.15) is 0 Å². The van der Waals surface area contributed by atoms with Crippen LogP contribution in [0.2, 0.25) is 0 Å². The Kier molecular flexibility index (Phi) is 3.55. The van der Waals surface area contributed by atoms with Crippen LogP contribution in [-0.2, 0) is 6.42 Å². The van der Waals surface area contributed by atoms with Crippen LogP contribution < -0.4 is 5.73 Å². The van der Waals surface area contributed by atoms with E-state index in [4.69, 9.17) is 5.73 Å². The van der Waals surface area contributed by atoms with E-state index < -0.39 is 0 Å². The molecule has 0 aliphatic heterocycles. The highest BCUT2D eigenvalue weighted by molar-refractivity contribution is 5.18. The predicted octanol–water partition coefficient (Wildman–Crippen LogP) is 2.13. The molecule has 0 aliphatic rings. The number of rotatable bonds is 3. The van der Waals surface area contributed by atoms with Gasteiger partial charge in [0.2, 0.25) is 0 Å². The lowest BCUT2D eigenvalue weighted by Gasteiger charge is -1.97. The Morgan fingerprint density at radius 3 is 2.58 bits per heavy atom. The molecule has 0 atom stereocenters. The van der Waals surface area contributed by atoms with Crippen molar-refractivity contribution in [1.82, 2.24) is 0 Å². The molecule has 0 aromatic heterocycles. The first-order valence-electron chi connectivity index (χ1n) is 4.22. The zero-order valence-electron chi connectivity index (χ0n) is 7.46. The van der Waals surface area contributed by atoms with E-state index >= 15 is 0 Å². The van der Waals surface area contributed by atoms with Gasteiger partial charge in [-0.05, 0) is 18.9 Å². The number of hydrogen-bond acceptors (Lipinski definition) is 1. The van der Waals surface area contributed by atoms with E-state index in [0.717, 1.165) is 6.42 Å². The van der Waals surface area contributed by atoms with Crippen LogP contribution in [0.5, 0.6) is 0 Å². The molecule has 0 saturated carbocycles. The smallest absolute Gasteiger partial charge is 0.0134 e. The molecule has 1 nitrogen and oxygen atoms in total. The van der Waals surface area contributed by atoms with Gasteiger partial charge in [-0.3, -0.25) is 0 Å². The SMILES string of the molecule is C/C(=C/Cc1ccccc1)CN. The van der Waals surface area contributed by atoms with Crippen LogP contribution in [0, 0.1) is 0 Å². The van der Waals surface area contributed by atoms with Crippen LogP contribution in [0.3, 0.4) is 0 Å². The van der Waals surface area contributed by atoms with Crippen molar-refractivity contribution in [3.63, 3.8) is 0 Å². The second-order valence-electron chi connectivity index (χ2n) is 2.94. The Morgan fingerprint density at radius 2 is 2.00 bits per heavy atom. The maximum Gasteiger partial charge on any atom is 0.0134 e. The molecule has 64 valence electrons. The summed E-state index contributed by atoms with van der Waals surface area (Å²) in [6.45, 7) is 2.72. The summed E-state index contributed by atoms with van der Waals surface area (Å²) in [5, 5.41) is 0. The monoisotopic (exact) mass is 161 g/mol. The fourth-order valence-electron chi connectivity index (χ4n) is 0.990. The number of nitrogens with two attached hydrogens (primary N) is 1. The van der Waals surface area contributed by atoms with E-state index in [9.17, 15) is 0 Å². The van der Waals surface area contributed by atoms with Crippen molar-refractivity contribution >= 4 is 0 Å². The van der Waals surface area contributed by atoms with Gasteiger partial charge >= 0.3 is 0 Å². The van der Waals surface area contributed by atoms with E-state index in [-0.39, 0.29) is 0 Å². The van der Waals surface area contributed by atoms with Gasteiger partial charge in [-0.25, -0.2) is 0 Å². The van der Waals surface area contributed by atoms with Gasteiger partial charge in [-0.1, -0.05) is 42.0 Å². The summed E-state index contributed by atoms with van der Waals surface area (Å²) >= 11 is 0. The molecule has 0 bridgehead atoms. The molecule has 0 unspecified atom stereocenters. The molecule has 0 aliphatic carbocycles. The van der Waals surface area contributed by atoms with Crippen LogP contribution >= 0.6 is 0 Å². The lowest BCUT2D eigenvalue weighted by Crippen LogP contribution is -1.99. The molecular formula is C11H15N. The first kappa shape index (κ1) is 9.01. The molecular weight excluding hydrogens is 146 g/mol. The Morgan fingerprint density at radius 1 is 1.33 bits per heavy atom. The molecule has 1 heteroatoms. The van der Waals surface area contributed by atoms with Crippen molar-refractivity contribution in [3.05, 3.63) is 47.5 Å². The highest BCUT2D eigenvalue weighted by Crippen LogP contribution is 2.01. The number of allylic oxidation sites excluding steroid dienone is 1. The van der Waals surface area contributed by atoms with Crippen LogP contribution in [0.1, 0.15) is 12.5 Å². The van der Waals surface area contributed by atoms with Crippen molar-refractivity contribution in [1.29, 1.82) is 0 Å². The minimum absolute atomic E-state index is 0.660. The third-order valence-corrected chi connectivity index (χ3v) is 1.85. The predicted molar refractivity (Wildman–Crippen MR) is 53.0 cm³/mol. The van der Waals surface area contributed by atoms with Crippen molar-refractivity contribution in [3.8, 4) is 0 Å². The van der Waals surface area contributed by atoms with Crippen LogP contribution in [0.25, 0.3) is 0 Å². The van der Waals surface area contributed by atoms with Crippen molar-refractivity contribution in [2.24, 2.45) is 5.73 Å². The minimum Gasteiger partial charge on any atom is -0.327 e. The molecule has 0 heterocycles. The normalized spacial score (nSPS) is 11.7. The maximum absolute atomic E-state index is 5.47. The molecule has 1 rings (SSSR count). The van der Waals surface area contributed by atoms with Crippen LogP contribution in [0.15, 0.2) is 42.0 Å². The first-order chi connectivity index (χ1) is 5.83. The van der Waals surface area contributed by atoms with E-state index in [1.807, 2.05) is 6.07 Å². The Bertz CT molecular complexity index is 249. The summed E-state index contributed by atoms with van der Waals surface area (Å²) in [5.41, 5.74) is 8.06. The van der Waals surface area contributed by atoms with Gasteiger partial charge < -0.3 is 5.73 Å². The van der Waals surface area contributed by atoms with E-state index in [1.54, 1.807) is 0 Å². The standard InChI is InChI=1S/C11H15N/c1-10(9-12)7-8-11-5-3-2-4-6-11/h2-7H,8-9,12H2,1H3/b10-7-. The third kappa shape index (κ3) is 2.89. The number of benzene rings is 1. The maximum atomic E-state index is 5.47. The summed E-state index contributed by atoms with van der Waals surface area (Å²) < 4.78 is 0. The van der Waals surface area contributed by atoms with Crippen molar-refractivity contribution < 1.29 is 0 Å². The largest absolute Gasteiger partial charge is 0.327 e. The zero-order valence-corrected chi connectivity index (χ0v) is 7.46. The molecule has 12 heavy (non-hydrogen) atoms. The van der Waals surface area contributed by atoms with Crippen LogP contribution in [0.4, 0.5) is 0 Å². The lowest BCUT2D eigenvalue weighted by molar-refractivity contribution is 1.10. The van der Waals surface area contributed by atoms with Crippen LogP contribution in [-0.4, -0.2) is 6.54 Å². The summed E-state index contributed by atoms with van der Waals surface area (Å²) in [5.74, 6) is 0. The molecule has 0 amide bonds. The lowest BCUT2D eigenvalue weighted by atomic mass is 10.1.